The van der Waals surface area contributed by atoms with E-state index in [1.807, 2.05) is 30.3 Å². The molecule has 2 aromatic rings. The lowest BCUT2D eigenvalue weighted by atomic mass is 10.1. The summed E-state index contributed by atoms with van der Waals surface area (Å²) >= 11 is 3.34. The molecule has 1 N–H and O–H groups in total. The van der Waals surface area contributed by atoms with Crippen LogP contribution in [-0.4, -0.2) is 15.0 Å². The molecule has 0 atom stereocenters. The van der Waals surface area contributed by atoms with Crippen LogP contribution in [0, 0.1) is 6.92 Å². The molecule has 0 fully saturated rings. The van der Waals surface area contributed by atoms with Crippen LogP contribution in [0.3, 0.4) is 0 Å². The molecule has 0 unspecified atom stereocenters. The highest BCUT2D eigenvalue weighted by molar-refractivity contribution is 9.10. The molecule has 0 bridgehead atoms. The van der Waals surface area contributed by atoms with Gasteiger partial charge >= 0.3 is 0 Å². The van der Waals surface area contributed by atoms with Crippen molar-refractivity contribution in [2.75, 3.05) is 6.54 Å². The summed E-state index contributed by atoms with van der Waals surface area (Å²) in [5.74, 6) is 0.0186. The Balaban J connectivity index is 1.79. The monoisotopic (exact) mass is 381 g/mol. The van der Waals surface area contributed by atoms with Gasteiger partial charge in [-0.3, -0.25) is 0 Å². The second-order valence-electron chi connectivity index (χ2n) is 5.37. The maximum absolute atomic E-state index is 12.0. The van der Waals surface area contributed by atoms with E-state index >= 15 is 0 Å². The fraction of sp³-hybridized carbons (Fsp3) is 0.294. The van der Waals surface area contributed by atoms with Gasteiger partial charge in [-0.2, -0.15) is 0 Å². The number of sulfonamides is 1. The van der Waals surface area contributed by atoms with Gasteiger partial charge in [-0.05, 0) is 43.0 Å². The van der Waals surface area contributed by atoms with Crippen LogP contribution in [0.2, 0.25) is 0 Å². The Kier molecular flexibility index (Phi) is 6.17. The van der Waals surface area contributed by atoms with Crippen molar-refractivity contribution in [3.63, 3.8) is 0 Å². The van der Waals surface area contributed by atoms with Gasteiger partial charge < -0.3 is 0 Å². The Morgan fingerprint density at radius 3 is 2.45 bits per heavy atom. The maximum Gasteiger partial charge on any atom is 0.215 e. The zero-order valence-electron chi connectivity index (χ0n) is 12.5. The quantitative estimate of drug-likeness (QED) is 0.741. The van der Waals surface area contributed by atoms with Crippen molar-refractivity contribution in [3.8, 4) is 0 Å². The van der Waals surface area contributed by atoms with E-state index < -0.39 is 10.0 Å². The normalized spacial score (nSPS) is 11.5. The van der Waals surface area contributed by atoms with Crippen molar-refractivity contribution in [1.29, 1.82) is 0 Å². The zero-order chi connectivity index (χ0) is 16.0. The standard InChI is InChI=1S/C17H20BrNO2S/c1-14-4-2-5-15(12-14)6-3-11-19-22(20,21)13-16-7-9-17(18)10-8-16/h2,4-5,7-10,12,19H,3,6,11,13H2,1H3. The van der Waals surface area contributed by atoms with E-state index in [1.54, 1.807) is 0 Å². The van der Waals surface area contributed by atoms with Crippen LogP contribution in [0.1, 0.15) is 23.1 Å². The first-order chi connectivity index (χ1) is 10.4. The van der Waals surface area contributed by atoms with Crippen LogP contribution in [0.4, 0.5) is 0 Å². The predicted molar refractivity (Wildman–Crippen MR) is 94.3 cm³/mol. The highest BCUT2D eigenvalue weighted by Crippen LogP contribution is 2.12. The molecular formula is C17H20BrNO2S. The molecule has 0 spiro atoms. The molecular weight excluding hydrogens is 362 g/mol. The molecule has 5 heteroatoms. The van der Waals surface area contributed by atoms with Crippen molar-refractivity contribution in [3.05, 3.63) is 69.7 Å². The van der Waals surface area contributed by atoms with Crippen LogP contribution in [0.5, 0.6) is 0 Å². The van der Waals surface area contributed by atoms with Crippen molar-refractivity contribution in [2.45, 2.75) is 25.5 Å². The summed E-state index contributed by atoms with van der Waals surface area (Å²) < 4.78 is 27.7. The summed E-state index contributed by atoms with van der Waals surface area (Å²) in [7, 11) is -3.28. The van der Waals surface area contributed by atoms with Crippen molar-refractivity contribution < 1.29 is 8.42 Å². The van der Waals surface area contributed by atoms with Crippen LogP contribution >= 0.6 is 15.9 Å². The van der Waals surface area contributed by atoms with E-state index in [0.717, 1.165) is 22.9 Å². The molecule has 0 amide bonds. The van der Waals surface area contributed by atoms with Crippen molar-refractivity contribution >= 4 is 26.0 Å². The van der Waals surface area contributed by atoms with E-state index in [0.29, 0.717) is 6.54 Å². The summed E-state index contributed by atoms with van der Waals surface area (Å²) in [6, 6.07) is 15.6. The maximum atomic E-state index is 12.0. The molecule has 0 aliphatic carbocycles. The van der Waals surface area contributed by atoms with Crippen LogP contribution in [0.15, 0.2) is 53.0 Å². The molecule has 118 valence electrons. The topological polar surface area (TPSA) is 46.2 Å². The zero-order valence-corrected chi connectivity index (χ0v) is 15.0. The average Bonchev–Trinajstić information content (AvgIpc) is 2.46. The molecule has 2 aromatic carbocycles. The Morgan fingerprint density at radius 1 is 1.05 bits per heavy atom. The molecule has 3 nitrogen and oxygen atoms in total. The number of benzene rings is 2. The summed E-state index contributed by atoms with van der Waals surface area (Å²) in [5.41, 5.74) is 3.26. The first-order valence-corrected chi connectivity index (χ1v) is 9.66. The minimum absolute atomic E-state index is 0.0186. The fourth-order valence-electron chi connectivity index (χ4n) is 2.24. The number of aryl methyl sites for hydroxylation is 2. The van der Waals surface area contributed by atoms with Gasteiger partial charge in [0.15, 0.2) is 0 Å². The van der Waals surface area contributed by atoms with E-state index in [-0.39, 0.29) is 5.75 Å². The van der Waals surface area contributed by atoms with Gasteiger partial charge in [-0.15, -0.1) is 0 Å². The second kappa shape index (κ2) is 7.90. The van der Waals surface area contributed by atoms with Crippen molar-refractivity contribution in [1.82, 2.24) is 4.72 Å². The lowest BCUT2D eigenvalue weighted by molar-refractivity contribution is 0.578. The van der Waals surface area contributed by atoms with Gasteiger partial charge in [0.25, 0.3) is 0 Å². The molecule has 0 radical (unpaired) electrons. The third kappa shape index (κ3) is 5.91. The Hall–Kier alpha value is -1.17. The van der Waals surface area contributed by atoms with Gasteiger partial charge in [-0.25, -0.2) is 13.1 Å². The van der Waals surface area contributed by atoms with E-state index in [2.05, 4.69) is 45.8 Å². The van der Waals surface area contributed by atoms with Gasteiger partial charge in [-0.1, -0.05) is 57.9 Å². The largest absolute Gasteiger partial charge is 0.215 e. The summed E-state index contributed by atoms with van der Waals surface area (Å²) in [6.45, 7) is 2.53. The Labute approximate surface area is 140 Å². The lowest BCUT2D eigenvalue weighted by Gasteiger charge is -2.07. The third-order valence-corrected chi connectivity index (χ3v) is 5.20. The van der Waals surface area contributed by atoms with Crippen LogP contribution < -0.4 is 4.72 Å². The molecule has 0 heterocycles. The van der Waals surface area contributed by atoms with E-state index in [4.69, 9.17) is 0 Å². The molecule has 0 aliphatic heterocycles. The molecule has 0 aliphatic rings. The third-order valence-electron chi connectivity index (χ3n) is 3.32. The van der Waals surface area contributed by atoms with Gasteiger partial charge in [0.1, 0.15) is 0 Å². The summed E-state index contributed by atoms with van der Waals surface area (Å²) in [6.07, 6.45) is 1.67. The number of halogens is 1. The lowest BCUT2D eigenvalue weighted by Crippen LogP contribution is -2.26. The molecule has 0 saturated heterocycles. The van der Waals surface area contributed by atoms with Gasteiger partial charge in [0, 0.05) is 11.0 Å². The number of nitrogens with one attached hydrogen (secondary N) is 1. The smallest absolute Gasteiger partial charge is 0.215 e. The highest BCUT2D eigenvalue weighted by atomic mass is 79.9. The van der Waals surface area contributed by atoms with Gasteiger partial charge in [0.05, 0.1) is 5.75 Å². The highest BCUT2D eigenvalue weighted by Gasteiger charge is 2.10. The van der Waals surface area contributed by atoms with Crippen molar-refractivity contribution in [2.24, 2.45) is 0 Å². The number of hydrogen-bond acceptors (Lipinski definition) is 2. The van der Waals surface area contributed by atoms with Gasteiger partial charge in [0.2, 0.25) is 10.0 Å². The SMILES string of the molecule is Cc1cccc(CCCNS(=O)(=O)Cc2ccc(Br)cc2)c1. The van der Waals surface area contributed by atoms with Crippen LogP contribution in [0.25, 0.3) is 0 Å². The minimum atomic E-state index is -3.28. The van der Waals surface area contributed by atoms with E-state index in [9.17, 15) is 8.42 Å². The molecule has 0 saturated carbocycles. The Morgan fingerprint density at radius 2 is 1.77 bits per heavy atom. The van der Waals surface area contributed by atoms with E-state index in [1.165, 1.54) is 11.1 Å². The summed E-state index contributed by atoms with van der Waals surface area (Å²) in [4.78, 5) is 0. The second-order valence-corrected chi connectivity index (χ2v) is 8.10. The van der Waals surface area contributed by atoms with Crippen LogP contribution in [-0.2, 0) is 22.2 Å². The predicted octanol–water partition coefficient (Wildman–Crippen LogP) is 3.81. The molecule has 22 heavy (non-hydrogen) atoms. The Bertz CT molecular complexity index is 712. The summed E-state index contributed by atoms with van der Waals surface area (Å²) in [5, 5.41) is 0. The number of rotatable bonds is 7. The average molecular weight is 382 g/mol. The molecule has 0 aromatic heterocycles. The number of hydrogen-bond donors (Lipinski definition) is 1. The first kappa shape index (κ1) is 17.2. The minimum Gasteiger partial charge on any atom is -0.215 e. The fourth-order valence-corrected chi connectivity index (χ4v) is 3.69. The first-order valence-electron chi connectivity index (χ1n) is 7.22. The molecule has 2 rings (SSSR count).